The molecule has 3 N–H and O–H groups in total. The van der Waals surface area contributed by atoms with E-state index in [9.17, 15) is 14.2 Å². The number of nitrogens with zero attached hydrogens (tertiary/aromatic N) is 3. The van der Waals surface area contributed by atoms with Crippen molar-refractivity contribution in [1.29, 1.82) is 0 Å². The average molecular weight is 531 g/mol. The van der Waals surface area contributed by atoms with Crippen molar-refractivity contribution >= 4 is 37.0 Å². The lowest BCUT2D eigenvalue weighted by Crippen LogP contribution is -2.21. The molecule has 2 aromatic rings. The topological polar surface area (TPSA) is 196 Å². The molecule has 2 aromatic heterocycles. The van der Waals surface area contributed by atoms with Crippen molar-refractivity contribution in [2.45, 2.75) is 64.8 Å². The van der Waals surface area contributed by atoms with Crippen molar-refractivity contribution in [3.63, 3.8) is 0 Å². The zero-order valence-corrected chi connectivity index (χ0v) is 21.3. The number of carbonyl (C=O) groups is 2. The normalized spacial score (nSPS) is 14.7. The van der Waals surface area contributed by atoms with Crippen LogP contribution in [0.4, 0.5) is 15.5 Å². The monoisotopic (exact) mass is 531 g/mol. The standard InChI is InChI=1S/C20H30N5O10P/c1-12(2)34-18(26)29-9-32-36(28,33-10-30-19(27)35-13(3)4)11-31-20(5-6-20)7-15-23-14-8-22-17(21)25-16(14)24-15/h8,12-13H,5-7,9-11H2,1-4H3,(H3,21,22,23,24,25). The number of nitrogens with one attached hydrogen (secondary N) is 1. The first-order valence-electron chi connectivity index (χ1n) is 11.1. The Kier molecular flexibility index (Phi) is 9.06. The summed E-state index contributed by atoms with van der Waals surface area (Å²) in [5, 5.41) is 0. The molecule has 200 valence electrons. The molecule has 36 heavy (non-hydrogen) atoms. The van der Waals surface area contributed by atoms with Crippen molar-refractivity contribution in [3.05, 3.63) is 12.0 Å². The highest BCUT2D eigenvalue weighted by atomic mass is 31.2. The third-order valence-electron chi connectivity index (χ3n) is 4.65. The number of nitrogens with two attached hydrogens (primary N) is 1. The highest BCUT2D eigenvalue weighted by Crippen LogP contribution is 2.52. The number of fused-ring (bicyclic) bond motifs is 1. The van der Waals surface area contributed by atoms with E-state index >= 15 is 0 Å². The first-order valence-corrected chi connectivity index (χ1v) is 12.9. The van der Waals surface area contributed by atoms with Crippen LogP contribution in [0, 0.1) is 0 Å². The largest absolute Gasteiger partial charge is 0.510 e. The molecule has 1 fully saturated rings. The first kappa shape index (κ1) is 27.6. The number of rotatable bonds is 13. The second-order valence-corrected chi connectivity index (χ2v) is 10.5. The fourth-order valence-electron chi connectivity index (χ4n) is 2.86. The number of aromatic amines is 1. The summed E-state index contributed by atoms with van der Waals surface area (Å²) in [4.78, 5) is 38.6. The maximum absolute atomic E-state index is 13.2. The zero-order chi connectivity index (χ0) is 26.3. The fraction of sp³-hybridized carbons (Fsp3) is 0.650. The number of aromatic nitrogens is 4. The smallest absolute Gasteiger partial charge is 0.432 e. The second kappa shape index (κ2) is 11.8. The molecule has 1 aliphatic rings. The SMILES string of the molecule is CC(C)OC(=O)OCOP(=O)(COC1(Cc2nc3nc(N)ncc3[nH]2)CC1)OCOC(=O)OC(C)C. The molecular formula is C20H30N5O10P. The fourth-order valence-corrected chi connectivity index (χ4v) is 3.94. The van der Waals surface area contributed by atoms with Gasteiger partial charge in [0.25, 0.3) is 0 Å². The summed E-state index contributed by atoms with van der Waals surface area (Å²) < 4.78 is 48.6. The van der Waals surface area contributed by atoms with Crippen LogP contribution in [-0.4, -0.2) is 70.0 Å². The van der Waals surface area contributed by atoms with E-state index in [1.807, 2.05) is 0 Å². The van der Waals surface area contributed by atoms with Crippen LogP contribution in [0.2, 0.25) is 0 Å². The van der Waals surface area contributed by atoms with E-state index in [1.165, 1.54) is 6.20 Å². The minimum absolute atomic E-state index is 0.104. The molecular weight excluding hydrogens is 501 g/mol. The Hall–Kier alpha value is -3.00. The zero-order valence-electron chi connectivity index (χ0n) is 20.4. The molecule has 15 nitrogen and oxygen atoms in total. The van der Waals surface area contributed by atoms with Crippen LogP contribution in [0.15, 0.2) is 6.20 Å². The first-order chi connectivity index (χ1) is 17.0. The van der Waals surface area contributed by atoms with Gasteiger partial charge in [0.15, 0.2) is 5.65 Å². The lowest BCUT2D eigenvalue weighted by atomic mass is 10.2. The number of imidazole rings is 1. The van der Waals surface area contributed by atoms with Crippen molar-refractivity contribution in [2.24, 2.45) is 0 Å². The molecule has 3 rings (SSSR count). The molecule has 2 heterocycles. The molecule has 0 radical (unpaired) electrons. The summed E-state index contributed by atoms with van der Waals surface area (Å²) in [5.41, 5.74) is 5.95. The summed E-state index contributed by atoms with van der Waals surface area (Å²) in [6, 6.07) is 0. The highest BCUT2D eigenvalue weighted by Gasteiger charge is 2.47. The Morgan fingerprint density at radius 1 is 1.06 bits per heavy atom. The predicted octanol–water partition coefficient (Wildman–Crippen LogP) is 3.25. The van der Waals surface area contributed by atoms with E-state index in [1.54, 1.807) is 27.7 Å². The summed E-state index contributed by atoms with van der Waals surface area (Å²) in [5.74, 6) is 0.686. The van der Waals surface area contributed by atoms with Gasteiger partial charge in [-0.2, -0.15) is 4.98 Å². The molecule has 0 aliphatic heterocycles. The van der Waals surface area contributed by atoms with Crippen molar-refractivity contribution in [1.82, 2.24) is 19.9 Å². The lowest BCUT2D eigenvalue weighted by Gasteiger charge is -2.22. The third kappa shape index (κ3) is 8.59. The van der Waals surface area contributed by atoms with Crippen LogP contribution >= 0.6 is 7.60 Å². The van der Waals surface area contributed by atoms with Crippen LogP contribution in [0.3, 0.4) is 0 Å². The van der Waals surface area contributed by atoms with Gasteiger partial charge in [0.05, 0.1) is 24.0 Å². The minimum Gasteiger partial charge on any atom is -0.432 e. The maximum atomic E-state index is 13.2. The van der Waals surface area contributed by atoms with Gasteiger partial charge in [-0.1, -0.05) is 0 Å². The number of hydrogen-bond donors (Lipinski definition) is 2. The second-order valence-electron chi connectivity index (χ2n) is 8.51. The Bertz CT molecular complexity index is 1070. The van der Waals surface area contributed by atoms with Gasteiger partial charge in [0.1, 0.15) is 17.7 Å². The highest BCUT2D eigenvalue weighted by molar-refractivity contribution is 7.53. The van der Waals surface area contributed by atoms with Crippen molar-refractivity contribution in [3.8, 4) is 0 Å². The van der Waals surface area contributed by atoms with Gasteiger partial charge in [-0.15, -0.1) is 0 Å². The van der Waals surface area contributed by atoms with Gasteiger partial charge < -0.3 is 34.4 Å². The summed E-state index contributed by atoms with van der Waals surface area (Å²) in [7, 11) is -4.05. The molecule has 0 spiro atoms. The molecule has 0 bridgehead atoms. The number of nitrogen functional groups attached to an aromatic ring is 1. The molecule has 0 aromatic carbocycles. The quantitative estimate of drug-likeness (QED) is 0.217. The van der Waals surface area contributed by atoms with E-state index in [2.05, 4.69) is 19.9 Å². The molecule has 0 atom stereocenters. The maximum Gasteiger partial charge on any atom is 0.510 e. The third-order valence-corrected chi connectivity index (χ3v) is 6.09. The van der Waals surface area contributed by atoms with Crippen molar-refractivity contribution < 1.29 is 46.9 Å². The number of carbonyl (C=O) groups excluding carboxylic acids is 2. The van der Waals surface area contributed by atoms with Crippen LogP contribution in [-0.2, 0) is 43.7 Å². The Balaban J connectivity index is 1.58. The molecule has 1 aliphatic carbocycles. The van der Waals surface area contributed by atoms with Gasteiger partial charge in [-0.05, 0) is 40.5 Å². The summed E-state index contributed by atoms with van der Waals surface area (Å²) >= 11 is 0. The van der Waals surface area contributed by atoms with E-state index in [0.717, 1.165) is 0 Å². The molecule has 0 amide bonds. The van der Waals surface area contributed by atoms with Crippen LogP contribution in [0.5, 0.6) is 0 Å². The molecule has 0 unspecified atom stereocenters. The van der Waals surface area contributed by atoms with Gasteiger partial charge >= 0.3 is 19.9 Å². The van der Waals surface area contributed by atoms with Crippen LogP contribution < -0.4 is 5.73 Å². The average Bonchev–Trinajstić information content (AvgIpc) is 3.41. The molecule has 0 saturated heterocycles. The number of ether oxygens (including phenoxy) is 5. The molecule has 1 saturated carbocycles. The van der Waals surface area contributed by atoms with Gasteiger partial charge in [0, 0.05) is 6.42 Å². The van der Waals surface area contributed by atoms with Gasteiger partial charge in [-0.3, -0.25) is 13.6 Å². The van der Waals surface area contributed by atoms with E-state index in [0.29, 0.717) is 36.3 Å². The Morgan fingerprint density at radius 2 is 1.64 bits per heavy atom. The van der Waals surface area contributed by atoms with Crippen LogP contribution in [0.1, 0.15) is 46.4 Å². The van der Waals surface area contributed by atoms with Crippen molar-refractivity contribution in [2.75, 3.05) is 25.7 Å². The lowest BCUT2D eigenvalue weighted by molar-refractivity contribution is -0.0386. The van der Waals surface area contributed by atoms with Gasteiger partial charge in [0.2, 0.25) is 19.5 Å². The van der Waals surface area contributed by atoms with Crippen LogP contribution in [0.25, 0.3) is 11.2 Å². The van der Waals surface area contributed by atoms with E-state index in [4.69, 9.17) is 38.5 Å². The van der Waals surface area contributed by atoms with E-state index in [-0.39, 0.29) is 5.95 Å². The van der Waals surface area contributed by atoms with Gasteiger partial charge in [-0.25, -0.2) is 19.6 Å². The predicted molar refractivity (Wildman–Crippen MR) is 123 cm³/mol. The minimum atomic E-state index is -4.05. The Labute approximate surface area is 206 Å². The number of hydrogen-bond acceptors (Lipinski definition) is 14. The number of anilines is 1. The summed E-state index contributed by atoms with van der Waals surface area (Å²) in [6.45, 7) is 5.07. The summed E-state index contributed by atoms with van der Waals surface area (Å²) in [6.07, 6.45) is -0.164. The number of H-pyrrole nitrogens is 1. The van der Waals surface area contributed by atoms with E-state index < -0.39 is 57.6 Å². The Morgan fingerprint density at radius 3 is 2.17 bits per heavy atom. The molecule has 16 heteroatoms.